The number of aryl methyl sites for hydroxylation is 2. The number of hydrogen-bond acceptors (Lipinski definition) is 4. The summed E-state index contributed by atoms with van der Waals surface area (Å²) in [6, 6.07) is 5.59. The Kier molecular flexibility index (Phi) is 3.29. The molecule has 2 bridgehead atoms. The van der Waals surface area contributed by atoms with Crippen molar-refractivity contribution in [3.63, 3.8) is 0 Å². The molecule has 1 aromatic rings. The molecular weight excluding hydrogens is 270 g/mol. The van der Waals surface area contributed by atoms with Crippen molar-refractivity contribution in [2.75, 3.05) is 5.32 Å². The van der Waals surface area contributed by atoms with Gasteiger partial charge in [-0.2, -0.15) is 0 Å². The van der Waals surface area contributed by atoms with Gasteiger partial charge in [-0.05, 0) is 37.1 Å². The maximum absolute atomic E-state index is 12.4. The van der Waals surface area contributed by atoms with Crippen LogP contribution >= 0.6 is 0 Å². The summed E-state index contributed by atoms with van der Waals surface area (Å²) < 4.78 is 5.47. The van der Waals surface area contributed by atoms with Gasteiger partial charge < -0.3 is 20.0 Å². The summed E-state index contributed by atoms with van der Waals surface area (Å²) in [5.41, 5.74) is 2.85. The summed E-state index contributed by atoms with van der Waals surface area (Å²) in [6.07, 6.45) is 2.39. The van der Waals surface area contributed by atoms with E-state index in [2.05, 4.69) is 5.32 Å². The zero-order chi connectivity index (χ0) is 15.1. The van der Waals surface area contributed by atoms with Gasteiger partial charge in [-0.15, -0.1) is 0 Å². The van der Waals surface area contributed by atoms with Crippen molar-refractivity contribution in [3.8, 4) is 0 Å². The number of carboxylic acid groups (broad SMARTS) is 1. The Labute approximate surface area is 122 Å². The van der Waals surface area contributed by atoms with Gasteiger partial charge >= 0.3 is 0 Å². The molecule has 1 N–H and O–H groups in total. The Bertz CT molecular complexity index is 637. The number of benzene rings is 1. The Morgan fingerprint density at radius 1 is 1.10 bits per heavy atom. The van der Waals surface area contributed by atoms with E-state index in [4.69, 9.17) is 4.74 Å². The van der Waals surface area contributed by atoms with Gasteiger partial charge in [0, 0.05) is 17.6 Å². The number of amides is 1. The number of aliphatic carboxylic acids is 1. The fourth-order valence-corrected chi connectivity index (χ4v) is 2.95. The molecule has 2 heterocycles. The first-order valence-electron chi connectivity index (χ1n) is 6.90. The Morgan fingerprint density at radius 3 is 2.38 bits per heavy atom. The molecule has 21 heavy (non-hydrogen) atoms. The number of ether oxygens (including phenoxy) is 1. The summed E-state index contributed by atoms with van der Waals surface area (Å²) in [6.45, 7) is 3.94. The molecule has 2 aliphatic rings. The van der Waals surface area contributed by atoms with E-state index in [1.54, 1.807) is 18.2 Å². The quantitative estimate of drug-likeness (QED) is 0.824. The molecule has 110 valence electrons. The fourth-order valence-electron chi connectivity index (χ4n) is 2.95. The normalized spacial score (nSPS) is 29.6. The molecule has 0 aromatic heterocycles. The van der Waals surface area contributed by atoms with E-state index in [1.807, 2.05) is 26.0 Å². The third-order valence-electron chi connectivity index (χ3n) is 4.25. The predicted octanol–water partition coefficient (Wildman–Crippen LogP) is 0.561. The number of rotatable bonds is 3. The zero-order valence-corrected chi connectivity index (χ0v) is 11.8. The lowest BCUT2D eigenvalue weighted by Gasteiger charge is -2.25. The number of hydrogen-bond donors (Lipinski definition) is 1. The van der Waals surface area contributed by atoms with Crippen molar-refractivity contribution < 1.29 is 19.4 Å². The SMILES string of the molecule is Cc1ccc(NC(=O)[C@H]2[C@@H](C(=O)[O-])[C@H]3C=C[C@@H]2O3)cc1C. The number of fused-ring (bicyclic) bond motifs is 2. The summed E-state index contributed by atoms with van der Waals surface area (Å²) >= 11 is 0. The second kappa shape index (κ2) is 5.00. The van der Waals surface area contributed by atoms with Crippen molar-refractivity contribution >= 4 is 17.6 Å². The van der Waals surface area contributed by atoms with Crippen LogP contribution in [0.1, 0.15) is 11.1 Å². The minimum Gasteiger partial charge on any atom is -0.550 e. The first-order valence-corrected chi connectivity index (χ1v) is 6.90. The lowest BCUT2D eigenvalue weighted by atomic mass is 9.82. The third kappa shape index (κ3) is 2.34. The van der Waals surface area contributed by atoms with E-state index >= 15 is 0 Å². The molecule has 2 aliphatic heterocycles. The standard InChI is InChI=1S/C16H17NO4/c1-8-3-4-10(7-9(8)2)17-15(18)13-11-5-6-12(21-11)14(13)16(19)20/h3-7,11-14H,1-2H3,(H,17,18)(H,19,20)/p-1/t11-,12+,13+,14-/m0/s1. The molecule has 1 aromatic carbocycles. The molecule has 0 spiro atoms. The van der Waals surface area contributed by atoms with Crippen LogP contribution < -0.4 is 10.4 Å². The summed E-state index contributed by atoms with van der Waals surface area (Å²) in [7, 11) is 0. The van der Waals surface area contributed by atoms with Crippen LogP contribution in [-0.2, 0) is 14.3 Å². The van der Waals surface area contributed by atoms with E-state index in [0.29, 0.717) is 5.69 Å². The molecule has 1 amide bonds. The monoisotopic (exact) mass is 286 g/mol. The van der Waals surface area contributed by atoms with Gasteiger partial charge in [0.05, 0.1) is 18.1 Å². The summed E-state index contributed by atoms with van der Waals surface area (Å²) in [4.78, 5) is 23.7. The number of carbonyl (C=O) groups is 2. The van der Waals surface area contributed by atoms with Gasteiger partial charge in [0.25, 0.3) is 0 Å². The van der Waals surface area contributed by atoms with Crippen molar-refractivity contribution in [2.24, 2.45) is 11.8 Å². The van der Waals surface area contributed by atoms with E-state index < -0.39 is 30.0 Å². The van der Waals surface area contributed by atoms with Crippen LogP contribution in [0.4, 0.5) is 5.69 Å². The molecule has 0 aliphatic carbocycles. The van der Waals surface area contributed by atoms with Crippen LogP contribution in [0.3, 0.4) is 0 Å². The summed E-state index contributed by atoms with van der Waals surface area (Å²) in [5, 5.41) is 14.0. The number of nitrogens with one attached hydrogen (secondary N) is 1. The Balaban J connectivity index is 1.80. The van der Waals surface area contributed by atoms with Gasteiger partial charge in [0.15, 0.2) is 0 Å². The molecule has 3 rings (SSSR count). The third-order valence-corrected chi connectivity index (χ3v) is 4.25. The average molecular weight is 286 g/mol. The highest BCUT2D eigenvalue weighted by atomic mass is 16.5. The van der Waals surface area contributed by atoms with E-state index in [-0.39, 0.29) is 5.91 Å². The van der Waals surface area contributed by atoms with Crippen LogP contribution in [-0.4, -0.2) is 24.1 Å². The highest BCUT2D eigenvalue weighted by Crippen LogP contribution is 2.39. The second-order valence-electron chi connectivity index (χ2n) is 5.61. The van der Waals surface area contributed by atoms with Crippen LogP contribution in [0.5, 0.6) is 0 Å². The topological polar surface area (TPSA) is 78.5 Å². The number of carboxylic acids is 1. The smallest absolute Gasteiger partial charge is 0.231 e. The maximum Gasteiger partial charge on any atom is 0.231 e. The van der Waals surface area contributed by atoms with Crippen molar-refractivity contribution in [1.29, 1.82) is 0 Å². The molecule has 5 nitrogen and oxygen atoms in total. The molecule has 0 saturated carbocycles. The van der Waals surface area contributed by atoms with Crippen LogP contribution in [0.2, 0.25) is 0 Å². The molecule has 0 radical (unpaired) electrons. The molecular formula is C16H16NO4-. The minimum atomic E-state index is -1.24. The lowest BCUT2D eigenvalue weighted by molar-refractivity contribution is -0.313. The number of anilines is 1. The zero-order valence-electron chi connectivity index (χ0n) is 11.8. The van der Waals surface area contributed by atoms with Gasteiger partial charge in [-0.1, -0.05) is 18.2 Å². The lowest BCUT2D eigenvalue weighted by Crippen LogP contribution is -2.45. The molecule has 1 saturated heterocycles. The molecule has 5 heteroatoms. The maximum atomic E-state index is 12.4. The predicted molar refractivity (Wildman–Crippen MR) is 74.3 cm³/mol. The van der Waals surface area contributed by atoms with Gasteiger partial charge in [0.2, 0.25) is 5.91 Å². The highest BCUT2D eigenvalue weighted by Gasteiger charge is 2.50. The Hall–Kier alpha value is -2.14. The van der Waals surface area contributed by atoms with E-state index in [1.165, 1.54) is 0 Å². The Morgan fingerprint density at radius 2 is 1.76 bits per heavy atom. The summed E-state index contributed by atoms with van der Waals surface area (Å²) in [5.74, 6) is -3.26. The molecule has 0 unspecified atom stereocenters. The van der Waals surface area contributed by atoms with Crippen molar-refractivity contribution in [2.45, 2.75) is 26.1 Å². The average Bonchev–Trinajstić information content (AvgIpc) is 3.03. The minimum absolute atomic E-state index is 0.343. The van der Waals surface area contributed by atoms with E-state index in [0.717, 1.165) is 11.1 Å². The van der Waals surface area contributed by atoms with Crippen LogP contribution in [0, 0.1) is 25.7 Å². The van der Waals surface area contributed by atoms with Crippen molar-refractivity contribution in [3.05, 3.63) is 41.5 Å². The molecule has 1 fully saturated rings. The van der Waals surface area contributed by atoms with Gasteiger partial charge in [0.1, 0.15) is 0 Å². The van der Waals surface area contributed by atoms with Crippen LogP contribution in [0.25, 0.3) is 0 Å². The highest BCUT2D eigenvalue weighted by molar-refractivity contribution is 5.96. The van der Waals surface area contributed by atoms with E-state index in [9.17, 15) is 14.7 Å². The van der Waals surface area contributed by atoms with Gasteiger partial charge in [-0.25, -0.2) is 0 Å². The van der Waals surface area contributed by atoms with Crippen LogP contribution in [0.15, 0.2) is 30.4 Å². The molecule has 4 atom stereocenters. The fraction of sp³-hybridized carbons (Fsp3) is 0.375. The number of carbonyl (C=O) groups excluding carboxylic acids is 2. The van der Waals surface area contributed by atoms with Gasteiger partial charge in [-0.3, -0.25) is 4.79 Å². The second-order valence-corrected chi connectivity index (χ2v) is 5.61. The first-order chi connectivity index (χ1) is 9.97. The van der Waals surface area contributed by atoms with Crippen molar-refractivity contribution in [1.82, 2.24) is 0 Å². The largest absolute Gasteiger partial charge is 0.550 e. The first kappa shape index (κ1) is 13.8.